The van der Waals surface area contributed by atoms with E-state index in [-0.39, 0.29) is 17.2 Å². The van der Waals surface area contributed by atoms with Gasteiger partial charge in [-0.3, -0.25) is 9.36 Å². The number of fused-ring (bicyclic) bond motifs is 3. The number of nitrogens with zero attached hydrogens (tertiary/aromatic N) is 2. The zero-order valence-electron chi connectivity index (χ0n) is 17.7. The predicted octanol–water partition coefficient (Wildman–Crippen LogP) is 4.71. The highest BCUT2D eigenvalue weighted by Gasteiger charge is 2.41. The standard InChI is InChI=1S/C24H25N3O3/c1-24(2)12-16-21(18(28)13-24)22(14-9-10-19(29-3)20(11-14)30-4)27-17-8-6-5-7-15(17)25-23(27)26-16/h5-11,22H,12-13H2,1-4H3,(H,25,26). The number of para-hydroxylation sites is 2. The molecule has 0 fully saturated rings. The minimum absolute atomic E-state index is 0.0841. The van der Waals surface area contributed by atoms with Crippen molar-refractivity contribution in [3.63, 3.8) is 0 Å². The molecule has 0 spiro atoms. The maximum Gasteiger partial charge on any atom is 0.209 e. The van der Waals surface area contributed by atoms with Crippen LogP contribution in [0.5, 0.6) is 11.5 Å². The Hall–Kier alpha value is -3.28. The van der Waals surface area contributed by atoms with Crippen molar-refractivity contribution in [3.05, 3.63) is 59.3 Å². The molecule has 6 heteroatoms. The number of anilines is 1. The molecule has 1 aliphatic heterocycles. The van der Waals surface area contributed by atoms with Gasteiger partial charge < -0.3 is 14.8 Å². The normalized spacial score (nSPS) is 19.9. The Morgan fingerprint density at radius 3 is 2.60 bits per heavy atom. The van der Waals surface area contributed by atoms with Gasteiger partial charge in [-0.2, -0.15) is 0 Å². The molecule has 1 unspecified atom stereocenters. The van der Waals surface area contributed by atoms with Gasteiger partial charge in [0.2, 0.25) is 5.95 Å². The second kappa shape index (κ2) is 6.62. The zero-order chi connectivity index (χ0) is 21.0. The number of carbonyl (C=O) groups is 1. The molecule has 0 bridgehead atoms. The van der Waals surface area contributed by atoms with Crippen LogP contribution >= 0.6 is 0 Å². The summed E-state index contributed by atoms with van der Waals surface area (Å²) in [4.78, 5) is 18.2. The Balaban J connectivity index is 1.78. The third-order valence-corrected chi connectivity index (χ3v) is 6.03. The van der Waals surface area contributed by atoms with Gasteiger partial charge in [0.05, 0.1) is 31.3 Å². The number of nitrogens with one attached hydrogen (secondary N) is 1. The second-order valence-electron chi connectivity index (χ2n) is 8.77. The fourth-order valence-electron chi connectivity index (χ4n) is 4.76. The fraction of sp³-hybridized carbons (Fsp3) is 0.333. The number of allylic oxidation sites excluding steroid dienone is 2. The Bertz CT molecular complexity index is 1210. The molecule has 1 aliphatic carbocycles. The molecule has 0 saturated carbocycles. The van der Waals surface area contributed by atoms with Crippen LogP contribution in [0.2, 0.25) is 0 Å². The van der Waals surface area contributed by atoms with Crippen LogP contribution in [0.25, 0.3) is 11.0 Å². The number of imidazole rings is 1. The number of ketones is 1. The molecule has 0 saturated heterocycles. The molecule has 1 N–H and O–H groups in total. The number of Topliss-reactive ketones (excluding diaryl/α,β-unsaturated/α-hetero) is 1. The van der Waals surface area contributed by atoms with Crippen molar-refractivity contribution in [2.75, 3.05) is 19.5 Å². The summed E-state index contributed by atoms with van der Waals surface area (Å²) in [5, 5.41) is 3.48. The highest BCUT2D eigenvalue weighted by molar-refractivity contribution is 6.01. The average Bonchev–Trinajstić information content (AvgIpc) is 3.08. The molecule has 30 heavy (non-hydrogen) atoms. The van der Waals surface area contributed by atoms with Gasteiger partial charge in [0.15, 0.2) is 17.3 Å². The molecule has 1 atom stereocenters. The second-order valence-corrected chi connectivity index (χ2v) is 8.77. The fourth-order valence-corrected chi connectivity index (χ4v) is 4.76. The van der Waals surface area contributed by atoms with Gasteiger partial charge in [0, 0.05) is 17.7 Å². The van der Waals surface area contributed by atoms with E-state index >= 15 is 0 Å². The lowest BCUT2D eigenvalue weighted by molar-refractivity contribution is -0.118. The minimum atomic E-state index is -0.271. The van der Waals surface area contributed by atoms with Gasteiger partial charge in [-0.1, -0.05) is 32.0 Å². The first-order valence-electron chi connectivity index (χ1n) is 10.1. The van der Waals surface area contributed by atoms with Crippen molar-refractivity contribution in [2.24, 2.45) is 5.41 Å². The van der Waals surface area contributed by atoms with Gasteiger partial charge in [0.25, 0.3) is 0 Å². The number of methoxy groups -OCH3 is 2. The summed E-state index contributed by atoms with van der Waals surface area (Å²) in [6.07, 6.45) is 1.33. The molecule has 1 aromatic heterocycles. The summed E-state index contributed by atoms with van der Waals surface area (Å²) < 4.78 is 13.1. The SMILES string of the molecule is COc1ccc(C2C3=C(CC(C)(C)CC3=O)Nc3nc4ccccc4n32)cc1OC. The summed E-state index contributed by atoms with van der Waals surface area (Å²) in [6, 6.07) is 13.6. The highest BCUT2D eigenvalue weighted by Crippen LogP contribution is 2.47. The molecular weight excluding hydrogens is 378 g/mol. The number of hydrogen-bond acceptors (Lipinski definition) is 5. The summed E-state index contributed by atoms with van der Waals surface area (Å²) >= 11 is 0. The summed E-state index contributed by atoms with van der Waals surface area (Å²) in [5.74, 6) is 2.25. The minimum Gasteiger partial charge on any atom is -0.493 e. The number of benzene rings is 2. The quantitative estimate of drug-likeness (QED) is 0.686. The maximum atomic E-state index is 13.4. The van der Waals surface area contributed by atoms with Crippen LogP contribution in [0.15, 0.2) is 53.7 Å². The monoisotopic (exact) mass is 403 g/mol. The molecular formula is C24H25N3O3. The van der Waals surface area contributed by atoms with Gasteiger partial charge in [-0.05, 0) is 41.7 Å². The van der Waals surface area contributed by atoms with Gasteiger partial charge >= 0.3 is 0 Å². The summed E-state index contributed by atoms with van der Waals surface area (Å²) in [5.41, 5.74) is 4.57. The van der Waals surface area contributed by atoms with Crippen LogP contribution in [0.3, 0.4) is 0 Å². The number of aromatic nitrogens is 2. The van der Waals surface area contributed by atoms with Crippen LogP contribution in [0, 0.1) is 5.41 Å². The van der Waals surface area contributed by atoms with Crippen LogP contribution in [0.4, 0.5) is 5.95 Å². The lowest BCUT2D eigenvalue weighted by Gasteiger charge is -2.39. The van der Waals surface area contributed by atoms with Crippen molar-refractivity contribution in [2.45, 2.75) is 32.7 Å². The third-order valence-electron chi connectivity index (χ3n) is 6.03. The molecule has 3 aromatic rings. The lowest BCUT2D eigenvalue weighted by Crippen LogP contribution is -2.36. The van der Waals surface area contributed by atoms with E-state index in [1.54, 1.807) is 14.2 Å². The van der Waals surface area contributed by atoms with E-state index in [1.165, 1.54) is 0 Å². The van der Waals surface area contributed by atoms with Crippen LogP contribution < -0.4 is 14.8 Å². The molecule has 0 radical (unpaired) electrons. The average molecular weight is 403 g/mol. The Morgan fingerprint density at radius 2 is 1.83 bits per heavy atom. The largest absolute Gasteiger partial charge is 0.493 e. The van der Waals surface area contributed by atoms with Crippen molar-refractivity contribution < 1.29 is 14.3 Å². The number of hydrogen-bond donors (Lipinski definition) is 1. The zero-order valence-corrected chi connectivity index (χ0v) is 17.7. The number of rotatable bonds is 3. The van der Waals surface area contributed by atoms with Crippen LogP contribution in [-0.4, -0.2) is 29.6 Å². The molecule has 2 heterocycles. The molecule has 0 amide bonds. The summed E-state index contributed by atoms with van der Waals surface area (Å²) in [7, 11) is 3.25. The topological polar surface area (TPSA) is 65.4 Å². The maximum absolute atomic E-state index is 13.4. The van der Waals surface area contributed by atoms with E-state index < -0.39 is 0 Å². The van der Waals surface area contributed by atoms with E-state index in [1.807, 2.05) is 42.5 Å². The highest BCUT2D eigenvalue weighted by atomic mass is 16.5. The Labute approximate surface area is 175 Å². The lowest BCUT2D eigenvalue weighted by atomic mass is 9.73. The third kappa shape index (κ3) is 2.78. The first kappa shape index (κ1) is 18.7. The molecule has 2 aromatic carbocycles. The first-order valence-corrected chi connectivity index (χ1v) is 10.1. The van der Waals surface area contributed by atoms with Crippen molar-refractivity contribution in [1.82, 2.24) is 9.55 Å². The van der Waals surface area contributed by atoms with Gasteiger partial charge in [0.1, 0.15) is 0 Å². The molecule has 2 aliphatic rings. The van der Waals surface area contributed by atoms with Crippen LogP contribution in [0.1, 0.15) is 38.3 Å². The van der Waals surface area contributed by atoms with Crippen molar-refractivity contribution in [3.8, 4) is 11.5 Å². The van der Waals surface area contributed by atoms with Crippen molar-refractivity contribution in [1.29, 1.82) is 0 Å². The van der Waals surface area contributed by atoms with E-state index in [0.29, 0.717) is 17.9 Å². The summed E-state index contributed by atoms with van der Waals surface area (Å²) in [6.45, 7) is 4.28. The molecule has 154 valence electrons. The van der Waals surface area contributed by atoms with Crippen LogP contribution in [-0.2, 0) is 4.79 Å². The first-order chi connectivity index (χ1) is 14.4. The van der Waals surface area contributed by atoms with E-state index in [2.05, 4.69) is 23.7 Å². The van der Waals surface area contributed by atoms with E-state index in [0.717, 1.165) is 40.2 Å². The predicted molar refractivity (Wildman–Crippen MR) is 116 cm³/mol. The number of carbonyl (C=O) groups excluding carboxylic acids is 1. The van der Waals surface area contributed by atoms with Crippen molar-refractivity contribution >= 4 is 22.8 Å². The number of ether oxygens (including phenoxy) is 2. The molecule has 5 rings (SSSR count). The smallest absolute Gasteiger partial charge is 0.209 e. The Morgan fingerprint density at radius 1 is 1.07 bits per heavy atom. The van der Waals surface area contributed by atoms with E-state index in [9.17, 15) is 4.79 Å². The van der Waals surface area contributed by atoms with Gasteiger partial charge in [-0.15, -0.1) is 0 Å². The van der Waals surface area contributed by atoms with Gasteiger partial charge in [-0.25, -0.2) is 4.98 Å². The van der Waals surface area contributed by atoms with E-state index in [4.69, 9.17) is 14.5 Å². The Kier molecular flexibility index (Phi) is 4.13. The molecule has 6 nitrogen and oxygen atoms in total.